The Balaban J connectivity index is 1.43. The number of sulfonamides is 1. The van der Waals surface area contributed by atoms with E-state index in [1.54, 1.807) is 15.2 Å². The molecule has 3 aliphatic rings. The van der Waals surface area contributed by atoms with E-state index in [1.165, 1.54) is 11.3 Å². The van der Waals surface area contributed by atoms with Gasteiger partial charge in [-0.2, -0.15) is 0 Å². The van der Waals surface area contributed by atoms with E-state index < -0.39 is 10.0 Å². The monoisotopic (exact) mass is 327 g/mol. The second-order valence-electron chi connectivity index (χ2n) is 6.17. The number of thiazole rings is 1. The molecule has 1 aliphatic carbocycles. The molecule has 3 heterocycles. The SMILES string of the molecule is O=C(c1cscn1)N1CC2CN(S(=O)(=O)C3CC3)CC2C1. The lowest BCUT2D eigenvalue weighted by atomic mass is 10.0. The Labute approximate surface area is 127 Å². The van der Waals surface area contributed by atoms with Gasteiger partial charge in [-0.3, -0.25) is 4.79 Å². The normalized spacial score (nSPS) is 29.8. The van der Waals surface area contributed by atoms with Gasteiger partial charge in [0.1, 0.15) is 5.69 Å². The summed E-state index contributed by atoms with van der Waals surface area (Å²) in [5.41, 5.74) is 2.16. The van der Waals surface area contributed by atoms with E-state index in [0.29, 0.717) is 31.9 Å². The lowest BCUT2D eigenvalue weighted by molar-refractivity contribution is 0.0774. The second-order valence-corrected chi connectivity index (χ2v) is 9.10. The summed E-state index contributed by atoms with van der Waals surface area (Å²) >= 11 is 1.42. The van der Waals surface area contributed by atoms with Crippen LogP contribution in [0.3, 0.4) is 0 Å². The molecule has 1 saturated carbocycles. The van der Waals surface area contributed by atoms with Crippen LogP contribution in [0.4, 0.5) is 0 Å². The van der Waals surface area contributed by atoms with Crippen LogP contribution in [0.25, 0.3) is 0 Å². The predicted molar refractivity (Wildman–Crippen MR) is 78.5 cm³/mol. The van der Waals surface area contributed by atoms with Crippen molar-refractivity contribution < 1.29 is 13.2 Å². The van der Waals surface area contributed by atoms with Crippen molar-refractivity contribution in [2.24, 2.45) is 11.8 Å². The molecular formula is C13H17N3O3S2. The molecule has 3 fully saturated rings. The van der Waals surface area contributed by atoms with E-state index in [0.717, 1.165) is 12.8 Å². The summed E-state index contributed by atoms with van der Waals surface area (Å²) in [6.45, 7) is 2.45. The smallest absolute Gasteiger partial charge is 0.273 e. The van der Waals surface area contributed by atoms with Gasteiger partial charge in [-0.15, -0.1) is 11.3 Å². The van der Waals surface area contributed by atoms with Gasteiger partial charge in [0.2, 0.25) is 10.0 Å². The third kappa shape index (κ3) is 2.29. The zero-order valence-electron chi connectivity index (χ0n) is 11.5. The highest BCUT2D eigenvalue weighted by Gasteiger charge is 2.49. The number of hydrogen-bond donors (Lipinski definition) is 0. The molecule has 8 heteroatoms. The van der Waals surface area contributed by atoms with Crippen LogP contribution in [0.5, 0.6) is 0 Å². The minimum Gasteiger partial charge on any atom is -0.337 e. The molecule has 4 rings (SSSR count). The number of carbonyl (C=O) groups is 1. The van der Waals surface area contributed by atoms with Crippen LogP contribution < -0.4 is 0 Å². The number of carbonyl (C=O) groups excluding carboxylic acids is 1. The third-order valence-corrected chi connectivity index (χ3v) is 7.62. The zero-order chi connectivity index (χ0) is 14.6. The van der Waals surface area contributed by atoms with Crippen LogP contribution in [-0.2, 0) is 10.0 Å². The summed E-state index contributed by atoms with van der Waals surface area (Å²) in [5, 5.41) is 1.63. The third-order valence-electron chi connectivity index (χ3n) is 4.70. The number of amides is 1. The summed E-state index contributed by atoms with van der Waals surface area (Å²) in [5.74, 6) is 0.532. The van der Waals surface area contributed by atoms with Gasteiger partial charge < -0.3 is 4.90 Å². The molecule has 0 spiro atoms. The fourth-order valence-corrected chi connectivity index (χ4v) is 5.86. The summed E-state index contributed by atoms with van der Waals surface area (Å²) in [6.07, 6.45) is 1.62. The maximum Gasteiger partial charge on any atom is 0.273 e. The van der Waals surface area contributed by atoms with Gasteiger partial charge in [-0.05, 0) is 24.7 Å². The highest BCUT2D eigenvalue weighted by Crippen LogP contribution is 2.38. The number of nitrogens with zero attached hydrogens (tertiary/aromatic N) is 3. The van der Waals surface area contributed by atoms with Gasteiger partial charge in [-0.1, -0.05) is 0 Å². The van der Waals surface area contributed by atoms with E-state index in [-0.39, 0.29) is 23.0 Å². The first kappa shape index (κ1) is 13.7. The fraction of sp³-hybridized carbons (Fsp3) is 0.692. The fourth-order valence-electron chi connectivity index (χ4n) is 3.38. The molecule has 2 unspecified atom stereocenters. The molecule has 1 aromatic heterocycles. The van der Waals surface area contributed by atoms with Crippen molar-refractivity contribution >= 4 is 27.3 Å². The molecule has 0 bridgehead atoms. The average molecular weight is 327 g/mol. The van der Waals surface area contributed by atoms with Crippen LogP contribution in [-0.4, -0.2) is 59.9 Å². The lowest BCUT2D eigenvalue weighted by Crippen LogP contribution is -2.37. The van der Waals surface area contributed by atoms with Crippen molar-refractivity contribution in [3.05, 3.63) is 16.6 Å². The van der Waals surface area contributed by atoms with E-state index in [4.69, 9.17) is 0 Å². The molecule has 2 aliphatic heterocycles. The number of rotatable bonds is 3. The summed E-state index contributed by atoms with van der Waals surface area (Å²) in [7, 11) is -3.07. The van der Waals surface area contributed by atoms with Crippen molar-refractivity contribution in [2.75, 3.05) is 26.2 Å². The Morgan fingerprint density at radius 2 is 1.86 bits per heavy atom. The van der Waals surface area contributed by atoms with Crippen molar-refractivity contribution in [3.8, 4) is 0 Å². The van der Waals surface area contributed by atoms with Crippen molar-refractivity contribution in [3.63, 3.8) is 0 Å². The minimum atomic E-state index is -3.07. The quantitative estimate of drug-likeness (QED) is 0.817. The molecule has 6 nitrogen and oxygen atoms in total. The predicted octanol–water partition coefficient (Wildman–Crippen LogP) is 0.639. The van der Waals surface area contributed by atoms with Crippen LogP contribution >= 0.6 is 11.3 Å². The Bertz CT molecular complexity index is 640. The van der Waals surface area contributed by atoms with Gasteiger partial charge in [0.25, 0.3) is 5.91 Å². The van der Waals surface area contributed by atoms with Gasteiger partial charge in [0.05, 0.1) is 10.8 Å². The molecule has 114 valence electrons. The van der Waals surface area contributed by atoms with Crippen molar-refractivity contribution in [1.82, 2.24) is 14.2 Å². The molecule has 0 radical (unpaired) electrons. The van der Waals surface area contributed by atoms with Crippen LogP contribution in [0.2, 0.25) is 0 Å². The number of aromatic nitrogens is 1. The van der Waals surface area contributed by atoms with Gasteiger partial charge in [-0.25, -0.2) is 17.7 Å². The van der Waals surface area contributed by atoms with E-state index in [2.05, 4.69) is 4.98 Å². The maximum atomic E-state index is 12.3. The standard InChI is InChI=1S/C13H17N3O3S2/c17-13(12-7-20-8-14-12)15-3-9-5-16(6-10(9)4-15)21(18,19)11-1-2-11/h7-11H,1-6H2. The van der Waals surface area contributed by atoms with Crippen LogP contribution in [0, 0.1) is 11.8 Å². The zero-order valence-corrected chi connectivity index (χ0v) is 13.1. The molecule has 1 amide bonds. The number of fused-ring (bicyclic) bond motifs is 1. The summed E-state index contributed by atoms with van der Waals surface area (Å²) in [6, 6.07) is 0. The van der Waals surface area contributed by atoms with E-state index in [9.17, 15) is 13.2 Å². The highest BCUT2D eigenvalue weighted by molar-refractivity contribution is 7.90. The first-order chi connectivity index (χ1) is 10.1. The Hall–Kier alpha value is -0.990. The van der Waals surface area contributed by atoms with Crippen LogP contribution in [0.1, 0.15) is 23.3 Å². The highest BCUT2D eigenvalue weighted by atomic mass is 32.2. The molecule has 2 atom stereocenters. The van der Waals surface area contributed by atoms with Crippen molar-refractivity contribution in [1.29, 1.82) is 0 Å². The first-order valence-electron chi connectivity index (χ1n) is 7.22. The molecule has 1 aromatic rings. The lowest BCUT2D eigenvalue weighted by Gasteiger charge is -2.21. The summed E-state index contributed by atoms with van der Waals surface area (Å²) < 4.78 is 26.2. The maximum absolute atomic E-state index is 12.3. The molecule has 0 aromatic carbocycles. The van der Waals surface area contributed by atoms with Crippen LogP contribution in [0.15, 0.2) is 10.9 Å². The Morgan fingerprint density at radius 1 is 1.19 bits per heavy atom. The van der Waals surface area contributed by atoms with Gasteiger partial charge in [0.15, 0.2) is 0 Å². The van der Waals surface area contributed by atoms with Crippen molar-refractivity contribution in [2.45, 2.75) is 18.1 Å². The number of likely N-dealkylation sites (tertiary alicyclic amines) is 1. The Kier molecular flexibility index (Phi) is 3.09. The van der Waals surface area contributed by atoms with E-state index in [1.807, 2.05) is 4.90 Å². The number of hydrogen-bond acceptors (Lipinski definition) is 5. The van der Waals surface area contributed by atoms with Gasteiger partial charge in [0, 0.05) is 31.6 Å². The minimum absolute atomic E-state index is 0.0257. The summed E-state index contributed by atoms with van der Waals surface area (Å²) in [4.78, 5) is 18.2. The molecule has 0 N–H and O–H groups in total. The largest absolute Gasteiger partial charge is 0.337 e. The molecule has 2 saturated heterocycles. The Morgan fingerprint density at radius 3 is 2.38 bits per heavy atom. The topological polar surface area (TPSA) is 70.6 Å². The second kappa shape index (κ2) is 4.76. The molecule has 21 heavy (non-hydrogen) atoms. The molecular weight excluding hydrogens is 310 g/mol. The van der Waals surface area contributed by atoms with Gasteiger partial charge >= 0.3 is 0 Å². The average Bonchev–Trinajstić information content (AvgIpc) is 2.89. The van der Waals surface area contributed by atoms with E-state index >= 15 is 0 Å². The first-order valence-corrected chi connectivity index (χ1v) is 9.66.